The molecular weight excluding hydrogens is 1140 g/mol. The standard InChI is InChI=1S/C84H36O8/c1-75(2,3)89-71(85)69-70(72(86)90-76(4,5)6)82(74(88)92-78(10,11)12)80-64-55-48-40-31-23-16-14-13-15-17-18(16)25-29(23)42(48)50-44-33(25)32-24(17)28-22(15)30-26-19(13)21-20(14)27(31)36-38-34(21)37-35(26)45-39(30)47-41(28)49-43(32)53(44)62-65-58(49)54(47)63-56(45)60-51(37)52(38)61(57(64)46(36)40)68(80)67(60)79(63)81(69,73(87)91-77(7,8)9)83(65,79)84(80,82)66(62)59(50)55/h1-12H3. The topological polar surface area (TPSA) is 105 Å². The van der Waals surface area contributed by atoms with Gasteiger partial charge in [-0.2, -0.15) is 0 Å². The van der Waals surface area contributed by atoms with Crippen LogP contribution in [0, 0.1) is 10.8 Å². The van der Waals surface area contributed by atoms with Crippen molar-refractivity contribution in [1.82, 2.24) is 0 Å². The lowest BCUT2D eigenvalue weighted by molar-refractivity contribution is -0.170. The predicted molar refractivity (Wildman–Crippen MR) is 364 cm³/mol. The number of hydrogen-bond acceptors (Lipinski definition) is 8. The zero-order valence-electron chi connectivity index (χ0n) is 51.3. The normalized spacial score (nSPS) is 28.0. The first-order valence-corrected chi connectivity index (χ1v) is 33.7. The molecule has 35 rings (SSSR count). The number of esters is 4. The van der Waals surface area contributed by atoms with E-state index >= 15 is 19.2 Å². The summed E-state index contributed by atoms with van der Waals surface area (Å²) in [7, 11) is 0. The molecule has 4 spiro atoms. The van der Waals surface area contributed by atoms with Crippen LogP contribution in [-0.4, -0.2) is 46.3 Å². The first-order valence-electron chi connectivity index (χ1n) is 33.7. The fourth-order valence-corrected chi connectivity index (χ4v) is 30.7. The van der Waals surface area contributed by atoms with Crippen LogP contribution < -0.4 is 0 Å². The molecule has 0 amide bonds. The van der Waals surface area contributed by atoms with E-state index in [9.17, 15) is 0 Å². The largest absolute Gasteiger partial charge is 0.459 e. The quantitative estimate of drug-likeness (QED) is 0.0975. The van der Waals surface area contributed by atoms with Gasteiger partial charge < -0.3 is 18.9 Å². The van der Waals surface area contributed by atoms with Gasteiger partial charge in [0.25, 0.3) is 0 Å². The Morgan fingerprint density at radius 3 is 0.565 bits per heavy atom. The van der Waals surface area contributed by atoms with Crippen molar-refractivity contribution in [2.75, 3.05) is 0 Å². The van der Waals surface area contributed by atoms with Gasteiger partial charge in [-0.05, 0) is 386 Å². The number of carbonyl (C=O) groups is 4. The summed E-state index contributed by atoms with van der Waals surface area (Å²) < 4.78 is 29.1. The molecule has 9 aliphatic carbocycles. The van der Waals surface area contributed by atoms with Crippen LogP contribution in [-0.2, 0) is 59.8 Å². The maximum atomic E-state index is 18.6. The van der Waals surface area contributed by atoms with Gasteiger partial charge in [0, 0.05) is 10.8 Å². The minimum atomic E-state index is -2.02. The van der Waals surface area contributed by atoms with Crippen LogP contribution in [0.5, 0.6) is 0 Å². The first-order chi connectivity index (χ1) is 44.0. The lowest BCUT2D eigenvalue weighted by atomic mass is 9.57. The van der Waals surface area contributed by atoms with Crippen molar-refractivity contribution >= 4 is 293 Å². The van der Waals surface area contributed by atoms with Crippen molar-refractivity contribution in [3.05, 3.63) is 44.5 Å². The molecule has 9 aliphatic rings. The second kappa shape index (κ2) is 9.09. The van der Waals surface area contributed by atoms with Crippen molar-refractivity contribution in [3.8, 4) is 0 Å². The molecule has 2 fully saturated rings. The Kier molecular flexibility index (Phi) is 4.05. The summed E-state index contributed by atoms with van der Waals surface area (Å²) in [6.45, 7) is 22.9. The number of carbonyl (C=O) groups excluding carboxylic acids is 4. The fourth-order valence-electron chi connectivity index (χ4n) is 30.7. The molecule has 8 heteroatoms. The molecule has 0 aromatic heterocycles. The van der Waals surface area contributed by atoms with Gasteiger partial charge in [0.15, 0.2) is 0 Å². The summed E-state index contributed by atoms with van der Waals surface area (Å²) in [6.07, 6.45) is 0. The van der Waals surface area contributed by atoms with Gasteiger partial charge in [0.05, 0.1) is 22.0 Å². The van der Waals surface area contributed by atoms with Gasteiger partial charge in [0.1, 0.15) is 33.2 Å². The second-order valence-corrected chi connectivity index (χ2v) is 36.3. The van der Waals surface area contributed by atoms with Gasteiger partial charge in [0.2, 0.25) is 0 Å². The van der Waals surface area contributed by atoms with Crippen LogP contribution in [0.2, 0.25) is 0 Å². The Bertz CT molecular complexity index is 8050. The third kappa shape index (κ3) is 2.34. The molecular formula is C84H36O8. The number of benzene rings is 17. The molecule has 8 nitrogen and oxygen atoms in total. The van der Waals surface area contributed by atoms with Crippen LogP contribution in [0.15, 0.2) is 11.1 Å². The van der Waals surface area contributed by atoms with Gasteiger partial charge in [-0.15, -0.1) is 0 Å². The van der Waals surface area contributed by atoms with Crippen LogP contribution in [0.4, 0.5) is 0 Å². The van der Waals surface area contributed by atoms with Gasteiger partial charge in [-0.3, -0.25) is 9.59 Å². The zero-order chi connectivity index (χ0) is 59.6. The van der Waals surface area contributed by atoms with E-state index in [1.807, 2.05) is 83.1 Å². The Morgan fingerprint density at radius 1 is 0.207 bits per heavy atom. The van der Waals surface area contributed by atoms with Crippen LogP contribution in [0.1, 0.15) is 116 Å². The molecule has 26 aromatic carbocycles. The fraction of sp³-hybridized carbons (Fsp3) is 0.262. The summed E-state index contributed by atoms with van der Waals surface area (Å²) in [5, 5.41) is 67.7. The minimum Gasteiger partial charge on any atom is -0.459 e. The molecule has 26 aromatic rings. The molecule has 0 saturated heterocycles. The molecule has 0 bridgehead atoms. The summed E-state index contributed by atoms with van der Waals surface area (Å²) in [5.74, 6) is -2.64. The van der Waals surface area contributed by atoms with Gasteiger partial charge in [-0.1, -0.05) is 0 Å². The average molecular weight is 1170 g/mol. The number of hydrogen-bond donors (Lipinski definition) is 0. The van der Waals surface area contributed by atoms with E-state index in [0.29, 0.717) is 0 Å². The maximum Gasteiger partial charge on any atom is 0.336 e. The first kappa shape index (κ1) is 41.0. The smallest absolute Gasteiger partial charge is 0.336 e. The number of ether oxygens (including phenoxy) is 4. The summed E-state index contributed by atoms with van der Waals surface area (Å²) in [6, 6.07) is 0. The molecule has 2 saturated carbocycles. The summed E-state index contributed by atoms with van der Waals surface area (Å²) in [5.41, 5.74) is -7.75. The molecule has 0 N–H and O–H groups in total. The predicted octanol–water partition coefficient (Wildman–Crippen LogP) is 18.9. The molecule has 0 radical (unpaired) electrons. The maximum absolute atomic E-state index is 18.6. The highest BCUT2D eigenvalue weighted by Crippen LogP contribution is 3.13. The summed E-state index contributed by atoms with van der Waals surface area (Å²) in [4.78, 5) is 72.5. The van der Waals surface area contributed by atoms with Crippen molar-refractivity contribution in [2.45, 2.75) is 127 Å². The van der Waals surface area contributed by atoms with Gasteiger partial charge >= 0.3 is 23.9 Å². The molecule has 0 heterocycles. The van der Waals surface area contributed by atoms with E-state index in [1.54, 1.807) is 0 Å². The van der Waals surface area contributed by atoms with Crippen molar-refractivity contribution in [3.63, 3.8) is 0 Å². The van der Waals surface area contributed by atoms with Crippen molar-refractivity contribution in [2.24, 2.45) is 10.8 Å². The second-order valence-electron chi connectivity index (χ2n) is 36.3. The monoisotopic (exact) mass is 1170 g/mol. The van der Waals surface area contributed by atoms with E-state index in [4.69, 9.17) is 18.9 Å². The third-order valence-corrected chi connectivity index (χ3v) is 29.9. The average Bonchev–Trinajstić information content (AvgIpc) is 1.31. The summed E-state index contributed by atoms with van der Waals surface area (Å²) >= 11 is 0. The van der Waals surface area contributed by atoms with E-state index in [2.05, 4.69) is 0 Å². The highest BCUT2D eigenvalue weighted by molar-refractivity contribution is 6.81. The van der Waals surface area contributed by atoms with E-state index < -0.39 is 78.8 Å². The zero-order valence-corrected chi connectivity index (χ0v) is 51.3. The molecule has 92 heavy (non-hydrogen) atoms. The van der Waals surface area contributed by atoms with Crippen LogP contribution in [0.25, 0.3) is 269 Å². The molecule has 6 unspecified atom stereocenters. The van der Waals surface area contributed by atoms with Gasteiger partial charge in [-0.25, -0.2) is 9.59 Å². The highest BCUT2D eigenvalue weighted by atomic mass is 16.6. The lowest BCUT2D eigenvalue weighted by Crippen LogP contribution is -2.52. The lowest BCUT2D eigenvalue weighted by Gasteiger charge is -2.42. The van der Waals surface area contributed by atoms with Crippen molar-refractivity contribution < 1.29 is 38.1 Å². The Morgan fingerprint density at radius 2 is 0.370 bits per heavy atom. The SMILES string of the molecule is CC(C)(C)OC(=O)C1=C(C(=O)OC(C)(C)C)C2(C(=O)OC(C)(C)C)C34c5c6c7c8c9c%10c%11c%12c%13c(c%14c%15c3c3c5c5c7c7c%16c8c8c%10c%10c%11c%11c%13c%13c%14c%14c%15c%15c3c3c5c7c5c7c%16c8c8c%10c%10c%11c%13c%11c%14c%13c%15c3c5c3c%13c%11c%10c8c73)C24C%122C1(C(=O)OC(C)(C)C)C692. The molecule has 6 atom stereocenters. The van der Waals surface area contributed by atoms with E-state index in [1.165, 1.54) is 264 Å². The van der Waals surface area contributed by atoms with Crippen LogP contribution in [0.3, 0.4) is 0 Å². The van der Waals surface area contributed by atoms with E-state index in [-0.39, 0.29) is 11.1 Å². The Balaban J connectivity index is 1.02. The molecule has 420 valence electrons. The highest BCUT2D eigenvalue weighted by Gasteiger charge is 3.19. The van der Waals surface area contributed by atoms with E-state index in [0.717, 1.165) is 38.8 Å². The minimum absolute atomic E-state index is 0.0620. The van der Waals surface area contributed by atoms with Crippen LogP contribution >= 0.6 is 0 Å². The van der Waals surface area contributed by atoms with Crippen molar-refractivity contribution in [1.29, 1.82) is 0 Å². The Labute approximate surface area is 511 Å². The molecule has 0 aliphatic heterocycles. The number of rotatable bonds is 4. The Hall–Kier alpha value is -9.66. The third-order valence-electron chi connectivity index (χ3n) is 29.9.